The Morgan fingerprint density at radius 1 is 1.25 bits per heavy atom. The van der Waals surface area contributed by atoms with Crippen molar-refractivity contribution in [2.24, 2.45) is 0 Å². The second-order valence-corrected chi connectivity index (χ2v) is 3.62. The molecule has 0 heterocycles. The molecule has 64 valence electrons. The van der Waals surface area contributed by atoms with Crippen molar-refractivity contribution in [3.05, 3.63) is 41.0 Å². The molecule has 0 aliphatic heterocycles. The second kappa shape index (κ2) is 3.32. The fourth-order valence-corrected chi connectivity index (χ4v) is 1.52. The standard InChI is InChI=1S/C11H13Cl/c1-7-5-8(2)9(3)11(6-7)10(4)12/h5-6H,4H2,1-3H3. The molecule has 0 unspecified atom stereocenters. The average molecular weight is 181 g/mol. The van der Waals surface area contributed by atoms with E-state index in [1.54, 1.807) is 0 Å². The molecule has 0 spiro atoms. The molecular weight excluding hydrogens is 168 g/mol. The Balaban J connectivity index is 3.37. The largest absolute Gasteiger partial charge is 0.0843 e. The smallest absolute Gasteiger partial charge is 0.0409 e. The first-order valence-corrected chi connectivity index (χ1v) is 4.33. The van der Waals surface area contributed by atoms with Crippen molar-refractivity contribution in [2.45, 2.75) is 20.8 Å². The van der Waals surface area contributed by atoms with Crippen LogP contribution in [0.5, 0.6) is 0 Å². The minimum absolute atomic E-state index is 0.624. The minimum atomic E-state index is 0.624. The van der Waals surface area contributed by atoms with Crippen molar-refractivity contribution in [1.29, 1.82) is 0 Å². The summed E-state index contributed by atoms with van der Waals surface area (Å²) in [6.07, 6.45) is 0. The van der Waals surface area contributed by atoms with Gasteiger partial charge in [-0.05, 0) is 37.5 Å². The van der Waals surface area contributed by atoms with Gasteiger partial charge in [0.2, 0.25) is 0 Å². The number of aryl methyl sites for hydroxylation is 2. The monoisotopic (exact) mass is 180 g/mol. The van der Waals surface area contributed by atoms with Crippen LogP contribution < -0.4 is 0 Å². The molecule has 1 heteroatoms. The fraction of sp³-hybridized carbons (Fsp3) is 0.273. The molecule has 0 nitrogen and oxygen atoms in total. The van der Waals surface area contributed by atoms with Crippen LogP contribution in [-0.2, 0) is 0 Å². The normalized spacial score (nSPS) is 10.0. The van der Waals surface area contributed by atoms with Crippen molar-refractivity contribution in [3.63, 3.8) is 0 Å². The maximum Gasteiger partial charge on any atom is 0.0409 e. The number of hydrogen-bond acceptors (Lipinski definition) is 0. The third kappa shape index (κ3) is 1.70. The first kappa shape index (κ1) is 9.34. The molecule has 0 radical (unpaired) electrons. The summed E-state index contributed by atoms with van der Waals surface area (Å²) in [7, 11) is 0. The van der Waals surface area contributed by atoms with E-state index in [0.29, 0.717) is 5.03 Å². The molecule has 1 rings (SSSR count). The van der Waals surface area contributed by atoms with E-state index in [1.807, 2.05) is 0 Å². The Labute approximate surface area is 78.9 Å². The third-order valence-corrected chi connectivity index (χ3v) is 2.31. The van der Waals surface area contributed by atoms with Crippen LogP contribution in [0.15, 0.2) is 18.7 Å². The Bertz CT molecular complexity index is 324. The highest BCUT2D eigenvalue weighted by Crippen LogP contribution is 2.24. The van der Waals surface area contributed by atoms with Crippen LogP contribution in [0.3, 0.4) is 0 Å². The molecule has 0 amide bonds. The van der Waals surface area contributed by atoms with E-state index < -0.39 is 0 Å². The van der Waals surface area contributed by atoms with Gasteiger partial charge < -0.3 is 0 Å². The zero-order valence-corrected chi connectivity index (χ0v) is 8.50. The van der Waals surface area contributed by atoms with Gasteiger partial charge in [-0.1, -0.05) is 35.9 Å². The molecule has 0 aliphatic carbocycles. The van der Waals surface area contributed by atoms with Crippen LogP contribution in [0.2, 0.25) is 0 Å². The van der Waals surface area contributed by atoms with Crippen molar-refractivity contribution in [1.82, 2.24) is 0 Å². The predicted molar refractivity (Wildman–Crippen MR) is 55.5 cm³/mol. The second-order valence-electron chi connectivity index (χ2n) is 3.16. The first-order chi connectivity index (χ1) is 5.52. The average Bonchev–Trinajstić information content (AvgIpc) is 1.96. The van der Waals surface area contributed by atoms with Gasteiger partial charge in [0, 0.05) is 5.03 Å². The van der Waals surface area contributed by atoms with Crippen LogP contribution in [-0.4, -0.2) is 0 Å². The van der Waals surface area contributed by atoms with E-state index in [4.69, 9.17) is 11.6 Å². The van der Waals surface area contributed by atoms with Gasteiger partial charge in [0.15, 0.2) is 0 Å². The SMILES string of the molecule is C=C(Cl)c1cc(C)cc(C)c1C. The molecular formula is C11H13Cl. The number of hydrogen-bond donors (Lipinski definition) is 0. The summed E-state index contributed by atoms with van der Waals surface area (Å²) in [5.74, 6) is 0. The quantitative estimate of drug-likeness (QED) is 0.617. The zero-order valence-electron chi connectivity index (χ0n) is 7.74. The maximum atomic E-state index is 5.86. The summed E-state index contributed by atoms with van der Waals surface area (Å²) in [6, 6.07) is 4.22. The van der Waals surface area contributed by atoms with Gasteiger partial charge in [0.25, 0.3) is 0 Å². The molecule has 1 aromatic rings. The highest BCUT2D eigenvalue weighted by atomic mass is 35.5. The van der Waals surface area contributed by atoms with Gasteiger partial charge in [0.05, 0.1) is 0 Å². The Kier molecular flexibility index (Phi) is 2.58. The molecule has 0 fully saturated rings. The minimum Gasteiger partial charge on any atom is -0.0843 e. The molecule has 0 aromatic heterocycles. The van der Waals surface area contributed by atoms with E-state index in [2.05, 4.69) is 39.5 Å². The van der Waals surface area contributed by atoms with E-state index in [1.165, 1.54) is 16.7 Å². The van der Waals surface area contributed by atoms with Crippen LogP contribution in [0.1, 0.15) is 22.3 Å². The molecule has 0 bridgehead atoms. The summed E-state index contributed by atoms with van der Waals surface area (Å²) in [4.78, 5) is 0. The Hall–Kier alpha value is -0.750. The molecule has 12 heavy (non-hydrogen) atoms. The molecule has 0 aliphatic rings. The van der Waals surface area contributed by atoms with Gasteiger partial charge in [-0.2, -0.15) is 0 Å². The summed E-state index contributed by atoms with van der Waals surface area (Å²) in [5, 5.41) is 0.624. The van der Waals surface area contributed by atoms with E-state index in [0.717, 1.165) is 5.56 Å². The lowest BCUT2D eigenvalue weighted by atomic mass is 10.0. The molecule has 0 saturated carbocycles. The van der Waals surface area contributed by atoms with Gasteiger partial charge >= 0.3 is 0 Å². The summed E-state index contributed by atoms with van der Waals surface area (Å²) >= 11 is 5.86. The maximum absolute atomic E-state index is 5.86. The van der Waals surface area contributed by atoms with E-state index in [-0.39, 0.29) is 0 Å². The summed E-state index contributed by atoms with van der Waals surface area (Å²) in [5.41, 5.74) is 4.79. The first-order valence-electron chi connectivity index (χ1n) is 3.95. The lowest BCUT2D eigenvalue weighted by Crippen LogP contribution is -1.89. The summed E-state index contributed by atoms with van der Waals surface area (Å²) < 4.78 is 0. The van der Waals surface area contributed by atoms with E-state index in [9.17, 15) is 0 Å². The van der Waals surface area contributed by atoms with Gasteiger partial charge in [-0.15, -0.1) is 0 Å². The Morgan fingerprint density at radius 2 is 1.83 bits per heavy atom. The molecule has 0 N–H and O–H groups in total. The van der Waals surface area contributed by atoms with Crippen molar-refractivity contribution < 1.29 is 0 Å². The van der Waals surface area contributed by atoms with Crippen LogP contribution in [0.4, 0.5) is 0 Å². The summed E-state index contributed by atoms with van der Waals surface area (Å²) in [6.45, 7) is 9.96. The Morgan fingerprint density at radius 3 is 2.33 bits per heavy atom. The molecule has 0 saturated heterocycles. The topological polar surface area (TPSA) is 0 Å². The lowest BCUT2D eigenvalue weighted by Gasteiger charge is -2.08. The molecule has 1 aromatic carbocycles. The predicted octanol–water partition coefficient (Wildman–Crippen LogP) is 3.82. The number of benzene rings is 1. The highest BCUT2D eigenvalue weighted by molar-refractivity contribution is 6.48. The lowest BCUT2D eigenvalue weighted by molar-refractivity contribution is 1.28. The van der Waals surface area contributed by atoms with Crippen LogP contribution in [0.25, 0.3) is 5.03 Å². The van der Waals surface area contributed by atoms with Crippen LogP contribution in [0, 0.1) is 20.8 Å². The number of halogens is 1. The van der Waals surface area contributed by atoms with Crippen molar-refractivity contribution >= 4 is 16.6 Å². The zero-order chi connectivity index (χ0) is 9.30. The highest BCUT2D eigenvalue weighted by Gasteiger charge is 2.03. The van der Waals surface area contributed by atoms with Crippen LogP contribution >= 0.6 is 11.6 Å². The van der Waals surface area contributed by atoms with Gasteiger partial charge in [0.1, 0.15) is 0 Å². The van der Waals surface area contributed by atoms with Gasteiger partial charge in [-0.3, -0.25) is 0 Å². The molecule has 0 atom stereocenters. The van der Waals surface area contributed by atoms with Crippen molar-refractivity contribution in [2.75, 3.05) is 0 Å². The third-order valence-electron chi connectivity index (χ3n) is 2.10. The van der Waals surface area contributed by atoms with Crippen molar-refractivity contribution in [3.8, 4) is 0 Å². The van der Waals surface area contributed by atoms with Gasteiger partial charge in [-0.25, -0.2) is 0 Å². The fourth-order valence-electron chi connectivity index (χ4n) is 1.32. The van der Waals surface area contributed by atoms with E-state index >= 15 is 0 Å². The number of rotatable bonds is 1.